The molecule has 116 valence electrons. The fraction of sp³-hybridized carbons (Fsp3) is 0.312. The van der Waals surface area contributed by atoms with Crippen LogP contribution in [-0.4, -0.2) is 42.0 Å². The average Bonchev–Trinajstić information content (AvgIpc) is 2.55. The highest BCUT2D eigenvalue weighted by molar-refractivity contribution is 6.15. The summed E-state index contributed by atoms with van der Waals surface area (Å²) in [5.74, 6) is -0.135. The molecule has 0 spiro atoms. The second kappa shape index (κ2) is 6.38. The molecule has 0 saturated heterocycles. The molecule has 0 fully saturated rings. The van der Waals surface area contributed by atoms with Crippen molar-refractivity contribution in [2.75, 3.05) is 18.8 Å². The number of anilines is 1. The third kappa shape index (κ3) is 3.34. The summed E-state index contributed by atoms with van der Waals surface area (Å²) in [6.45, 7) is 1.78. The third-order valence-electron chi connectivity index (χ3n) is 4.06. The van der Waals surface area contributed by atoms with Crippen molar-refractivity contribution in [3.63, 3.8) is 0 Å². The largest absolute Gasteiger partial charge is 0.436 e. The molecule has 0 saturated carbocycles. The Morgan fingerprint density at radius 2 is 2.17 bits per heavy atom. The van der Waals surface area contributed by atoms with E-state index in [1.165, 1.54) is 23.4 Å². The Morgan fingerprint density at radius 1 is 1.35 bits per heavy atom. The van der Waals surface area contributed by atoms with Crippen LogP contribution < -0.4 is 10.8 Å². The van der Waals surface area contributed by atoms with Crippen LogP contribution in [0.4, 0.5) is 5.69 Å². The van der Waals surface area contributed by atoms with Crippen molar-refractivity contribution in [2.24, 2.45) is 0 Å². The van der Waals surface area contributed by atoms with Crippen LogP contribution in [0.15, 0.2) is 35.3 Å². The maximum atomic E-state index is 12.4. The molecule has 2 aromatic rings. The van der Waals surface area contributed by atoms with Gasteiger partial charge in [0, 0.05) is 30.4 Å². The van der Waals surface area contributed by atoms with E-state index in [0.717, 1.165) is 24.2 Å². The first-order valence-electron chi connectivity index (χ1n) is 7.44. The van der Waals surface area contributed by atoms with E-state index < -0.39 is 0 Å². The summed E-state index contributed by atoms with van der Waals surface area (Å²) in [5, 5.41) is 6.30. The van der Waals surface area contributed by atoms with Crippen LogP contribution in [0.1, 0.15) is 21.5 Å². The van der Waals surface area contributed by atoms with Crippen molar-refractivity contribution in [2.45, 2.75) is 19.5 Å². The minimum Gasteiger partial charge on any atom is -0.436 e. The zero-order valence-corrected chi connectivity index (χ0v) is 13.0. The highest BCUT2D eigenvalue weighted by Gasteiger charge is 2.16. The minimum atomic E-state index is -0.369. The zero-order valence-electron chi connectivity index (χ0n) is 13.0. The summed E-state index contributed by atoms with van der Waals surface area (Å²) < 4.78 is 1.13. The van der Waals surface area contributed by atoms with Crippen LogP contribution in [-0.2, 0) is 19.5 Å². The Balaban J connectivity index is 1.81. The second-order valence-corrected chi connectivity index (χ2v) is 5.78. The summed E-state index contributed by atoms with van der Waals surface area (Å²) >= 11 is 0. The van der Waals surface area contributed by atoms with E-state index >= 15 is 0 Å². The molecule has 1 N–H and O–H groups in total. The van der Waals surface area contributed by atoms with Gasteiger partial charge in [-0.25, -0.2) is 4.68 Å². The number of ketones is 1. The van der Waals surface area contributed by atoms with Gasteiger partial charge in [-0.3, -0.25) is 9.59 Å². The molecule has 1 aliphatic heterocycles. The van der Waals surface area contributed by atoms with Gasteiger partial charge in [0.1, 0.15) is 6.54 Å². The van der Waals surface area contributed by atoms with Crippen LogP contribution >= 0.6 is 0 Å². The van der Waals surface area contributed by atoms with Crippen molar-refractivity contribution in [1.29, 1.82) is 0 Å². The molecular weight excluding hydrogens is 291 g/mol. The van der Waals surface area contributed by atoms with Crippen LogP contribution in [0.5, 0.6) is 0 Å². The van der Waals surface area contributed by atoms with Crippen molar-refractivity contribution in [3.05, 3.63) is 57.5 Å². The van der Waals surface area contributed by atoms with Crippen LogP contribution in [0.3, 0.4) is 0 Å². The van der Waals surface area contributed by atoms with Crippen LogP contribution in [0.25, 0.3) is 0 Å². The summed E-state index contributed by atoms with van der Waals surface area (Å²) in [6.07, 6.45) is 2.41. The van der Waals surface area contributed by atoms with E-state index in [1.54, 1.807) is 0 Å². The highest BCUT2D eigenvalue weighted by atomic mass is 16.1. The second-order valence-electron chi connectivity index (χ2n) is 5.78. The Morgan fingerprint density at radius 3 is 2.91 bits per heavy atom. The molecule has 2 radical (unpaired) electrons. The maximum Gasteiger partial charge on any atom is 0.269 e. The van der Waals surface area contributed by atoms with Crippen LogP contribution in [0, 0.1) is 0 Å². The van der Waals surface area contributed by atoms with Crippen molar-refractivity contribution in [3.8, 4) is 0 Å². The number of Topliss-reactive ketones (excluding diaryl/α,β-unsaturated/α-hetero) is 1. The van der Waals surface area contributed by atoms with Gasteiger partial charge in [-0.05, 0) is 30.7 Å². The van der Waals surface area contributed by atoms with E-state index in [2.05, 4.69) is 22.3 Å². The number of hydrogen-bond acceptors (Lipinski definition) is 5. The Bertz CT molecular complexity index is 803. The van der Waals surface area contributed by atoms with E-state index in [0.29, 0.717) is 11.3 Å². The number of likely N-dealkylation sites (N-methyl/N-ethyl adjacent to an activating group) is 1. The Labute approximate surface area is 135 Å². The number of carbonyl (C=O) groups is 1. The van der Waals surface area contributed by atoms with Gasteiger partial charge in [0.25, 0.3) is 5.56 Å². The molecule has 2 heterocycles. The number of hydrogen-bond donors (Lipinski definition) is 1. The summed E-state index contributed by atoms with van der Waals surface area (Å²) in [5.41, 5.74) is 3.11. The molecule has 0 atom stereocenters. The van der Waals surface area contributed by atoms with E-state index in [9.17, 15) is 9.59 Å². The van der Waals surface area contributed by atoms with E-state index in [4.69, 9.17) is 7.98 Å². The lowest BCUT2D eigenvalue weighted by atomic mass is 9.96. The first-order valence-corrected chi connectivity index (χ1v) is 7.44. The summed E-state index contributed by atoms with van der Waals surface area (Å²) in [6, 6.07) is 7.07. The molecule has 0 aliphatic carbocycles. The average molecular weight is 308 g/mol. The number of fused-ring (bicyclic) bond motifs is 1. The normalized spacial score (nSPS) is 14.3. The minimum absolute atomic E-state index is 0.0850. The van der Waals surface area contributed by atoms with Gasteiger partial charge >= 0.3 is 0 Å². The molecule has 6 nitrogen and oxygen atoms in total. The Hall–Kier alpha value is -2.41. The molecule has 0 amide bonds. The molecule has 0 unspecified atom stereocenters. The number of benzene rings is 1. The third-order valence-corrected chi connectivity index (χ3v) is 4.06. The van der Waals surface area contributed by atoms with Gasteiger partial charge in [-0.15, -0.1) is 0 Å². The molecular formula is C16H17BN4O2. The highest BCUT2D eigenvalue weighted by Crippen LogP contribution is 2.19. The first-order chi connectivity index (χ1) is 11.1. The molecule has 1 aromatic heterocycles. The predicted molar refractivity (Wildman–Crippen MR) is 88.7 cm³/mol. The van der Waals surface area contributed by atoms with Crippen molar-refractivity contribution >= 4 is 19.5 Å². The van der Waals surface area contributed by atoms with Gasteiger partial charge in [-0.2, -0.15) is 5.10 Å². The van der Waals surface area contributed by atoms with Gasteiger partial charge < -0.3 is 10.1 Å². The number of carbonyl (C=O) groups excluding carboxylic acids is 1. The smallest absolute Gasteiger partial charge is 0.269 e. The van der Waals surface area contributed by atoms with Gasteiger partial charge in [0.05, 0.1) is 6.20 Å². The van der Waals surface area contributed by atoms with Gasteiger partial charge in [-0.1, -0.05) is 12.1 Å². The summed E-state index contributed by atoms with van der Waals surface area (Å²) in [4.78, 5) is 26.5. The number of nitrogens with one attached hydrogen (secondary N) is 1. The lowest BCUT2D eigenvalue weighted by Gasteiger charge is -2.25. The standard InChI is InChI=1S/C16H17BN4O2/c1-20-5-4-11-2-3-12(6-13(11)9-20)15(22)10-21-16(23)7-14(19-17)8-18-21/h2-3,6-8,19H,4-5,9-10H2,1H3. The van der Waals surface area contributed by atoms with Crippen molar-refractivity contribution in [1.82, 2.24) is 14.7 Å². The quantitative estimate of drug-likeness (QED) is 0.662. The molecule has 3 rings (SSSR count). The number of rotatable bonds is 4. The molecule has 23 heavy (non-hydrogen) atoms. The van der Waals surface area contributed by atoms with E-state index in [-0.39, 0.29) is 17.9 Å². The SMILES string of the molecule is [B]Nc1cnn(CC(=O)c2ccc3c(c2)CN(C)CC3)c(=O)c1. The monoisotopic (exact) mass is 308 g/mol. The lowest BCUT2D eigenvalue weighted by molar-refractivity contribution is 0.0965. The fourth-order valence-electron chi connectivity index (χ4n) is 2.73. The molecule has 0 bridgehead atoms. The van der Waals surface area contributed by atoms with Gasteiger partial charge in [0.2, 0.25) is 7.98 Å². The predicted octanol–water partition coefficient (Wildman–Crippen LogP) is 0.609. The first kappa shape index (κ1) is 15.5. The molecule has 1 aliphatic rings. The van der Waals surface area contributed by atoms with Gasteiger partial charge in [0.15, 0.2) is 5.78 Å². The maximum absolute atomic E-state index is 12.4. The lowest BCUT2D eigenvalue weighted by Crippen LogP contribution is -2.28. The topological polar surface area (TPSA) is 67.2 Å². The fourth-order valence-corrected chi connectivity index (χ4v) is 2.73. The molecule has 7 heteroatoms. The number of aromatic nitrogens is 2. The summed E-state index contributed by atoms with van der Waals surface area (Å²) in [7, 11) is 7.29. The van der Waals surface area contributed by atoms with Crippen molar-refractivity contribution < 1.29 is 4.79 Å². The van der Waals surface area contributed by atoms with E-state index in [1.807, 2.05) is 18.2 Å². The zero-order chi connectivity index (χ0) is 16.4. The Kier molecular flexibility index (Phi) is 4.29. The van der Waals surface area contributed by atoms with Crippen LogP contribution in [0.2, 0.25) is 0 Å². The number of nitrogens with zero attached hydrogens (tertiary/aromatic N) is 3. The molecule has 1 aromatic carbocycles.